The van der Waals surface area contributed by atoms with Crippen LogP contribution < -0.4 is 5.73 Å². The van der Waals surface area contributed by atoms with Crippen LogP contribution in [-0.2, 0) is 4.74 Å². The van der Waals surface area contributed by atoms with Gasteiger partial charge in [-0.3, -0.25) is 0 Å². The fourth-order valence-corrected chi connectivity index (χ4v) is 0.317. The summed E-state index contributed by atoms with van der Waals surface area (Å²) in [6.45, 7) is 2.47. The molecule has 0 aromatic carbocycles. The van der Waals surface area contributed by atoms with Crippen molar-refractivity contribution in [2.24, 2.45) is 5.73 Å². The lowest BCUT2D eigenvalue weighted by atomic mass is 10.4. The van der Waals surface area contributed by atoms with E-state index in [9.17, 15) is 4.79 Å². The fourth-order valence-electron chi connectivity index (χ4n) is 0.317. The van der Waals surface area contributed by atoms with Gasteiger partial charge in [-0.05, 0) is 6.42 Å². The van der Waals surface area contributed by atoms with Gasteiger partial charge >= 0.3 is 6.09 Å². The van der Waals surface area contributed by atoms with Gasteiger partial charge in [0, 0.05) is 0 Å². The summed E-state index contributed by atoms with van der Waals surface area (Å²) < 4.78 is 4.42. The van der Waals surface area contributed by atoms with Crippen molar-refractivity contribution >= 4 is 16.0 Å². The van der Waals surface area contributed by atoms with Gasteiger partial charge in [0.1, 0.15) is 0 Å². The summed E-state index contributed by atoms with van der Waals surface area (Å²) in [6.07, 6.45) is 1.23. The maximum absolute atomic E-state index is 9.87. The number of carbonyl (C=O) groups is 1. The second-order valence-corrected chi connectivity index (χ2v) is 1.52. The third-order valence-corrected chi connectivity index (χ3v) is 0.742. The van der Waals surface area contributed by atoms with Crippen LogP contribution in [0, 0.1) is 0 Å². The maximum Gasteiger partial charge on any atom is 0.404 e. The van der Waals surface area contributed by atoms with Crippen LogP contribution in [-0.4, -0.2) is 12.7 Å². The number of nitrogens with two attached hydrogens (primary N) is 1. The van der Waals surface area contributed by atoms with Crippen LogP contribution in [0.5, 0.6) is 0 Å². The second-order valence-electron chi connectivity index (χ2n) is 1.52. The molecule has 4 heteroatoms. The number of unbranched alkanes of at least 4 members (excludes halogenated alkanes) is 1. The van der Waals surface area contributed by atoms with Crippen molar-refractivity contribution < 1.29 is 9.53 Å². The molecule has 0 aromatic heterocycles. The fraction of sp³-hybridized carbons (Fsp3) is 0.800. The Bertz CT molecular complexity index is 77.4. The number of amides is 1. The van der Waals surface area contributed by atoms with Crippen molar-refractivity contribution in [2.45, 2.75) is 19.8 Å². The first-order chi connectivity index (χ1) is 3.77. The molecule has 1 unspecified atom stereocenters. The summed E-state index contributed by atoms with van der Waals surface area (Å²) in [5.41, 5.74) is 4.67. The zero-order valence-corrected chi connectivity index (χ0v) is 7.14. The lowest BCUT2D eigenvalue weighted by molar-refractivity contribution is 0.155. The summed E-state index contributed by atoms with van der Waals surface area (Å²) in [5, 5.41) is 0. The highest BCUT2D eigenvalue weighted by Gasteiger charge is 1.88. The molecule has 0 aliphatic carbocycles. The quantitative estimate of drug-likeness (QED) is 0.482. The lowest BCUT2D eigenvalue weighted by Gasteiger charge is -1.95. The maximum atomic E-state index is 9.87. The molecular weight excluding hydrogens is 137 g/mol. The van der Waals surface area contributed by atoms with Crippen molar-refractivity contribution in [1.82, 2.24) is 0 Å². The molecule has 1 atom stereocenters. The number of ether oxygens (including phenoxy) is 1. The highest BCUT2D eigenvalue weighted by Crippen LogP contribution is 1.85. The van der Waals surface area contributed by atoms with Gasteiger partial charge < -0.3 is 10.5 Å². The molecule has 0 heterocycles. The first-order valence-corrected chi connectivity index (χ1v) is 2.69. The zero-order chi connectivity index (χ0) is 6.41. The van der Waals surface area contributed by atoms with Crippen LogP contribution in [0.15, 0.2) is 0 Å². The molecule has 0 aliphatic rings. The molecule has 0 bridgehead atoms. The van der Waals surface area contributed by atoms with E-state index in [1.807, 2.05) is 6.92 Å². The van der Waals surface area contributed by atoms with Crippen LogP contribution in [0.2, 0.25) is 0 Å². The monoisotopic (exact) mass is 151 g/mol. The lowest BCUT2D eigenvalue weighted by Crippen LogP contribution is -2.13. The standard InChI is InChI=1S/C5H11NO2.H3P/c1-2-3-4-8-5(6)7;/h2-4H2,1H3,(H2,6,7);1H3. The molecule has 0 spiro atoms. The normalized spacial score (nSPS) is 7.67. The molecule has 1 amide bonds. The van der Waals surface area contributed by atoms with Crippen molar-refractivity contribution in [3.8, 4) is 0 Å². The third kappa shape index (κ3) is 11.3. The van der Waals surface area contributed by atoms with Crippen molar-refractivity contribution in [2.75, 3.05) is 6.61 Å². The Labute approximate surface area is 58.6 Å². The largest absolute Gasteiger partial charge is 0.450 e. The number of hydrogen-bond donors (Lipinski definition) is 1. The average molecular weight is 151 g/mol. The van der Waals surface area contributed by atoms with Gasteiger partial charge in [-0.1, -0.05) is 13.3 Å². The van der Waals surface area contributed by atoms with Crippen LogP contribution >= 0.6 is 9.90 Å². The first kappa shape index (κ1) is 11.5. The van der Waals surface area contributed by atoms with E-state index >= 15 is 0 Å². The number of hydrogen-bond acceptors (Lipinski definition) is 2. The van der Waals surface area contributed by atoms with E-state index in [1.165, 1.54) is 0 Å². The minimum absolute atomic E-state index is 0. The van der Waals surface area contributed by atoms with Gasteiger partial charge in [0.05, 0.1) is 6.61 Å². The minimum Gasteiger partial charge on any atom is -0.450 e. The molecule has 0 aromatic rings. The average Bonchev–Trinajstić information content (AvgIpc) is 1.66. The molecule has 0 saturated heterocycles. The number of rotatable bonds is 3. The molecule has 0 fully saturated rings. The van der Waals surface area contributed by atoms with Crippen LogP contribution in [0.3, 0.4) is 0 Å². The molecule has 0 radical (unpaired) electrons. The van der Waals surface area contributed by atoms with Gasteiger partial charge in [-0.2, -0.15) is 9.90 Å². The van der Waals surface area contributed by atoms with Gasteiger partial charge in [0.2, 0.25) is 0 Å². The van der Waals surface area contributed by atoms with E-state index < -0.39 is 6.09 Å². The molecule has 9 heavy (non-hydrogen) atoms. The van der Waals surface area contributed by atoms with E-state index in [0.717, 1.165) is 12.8 Å². The van der Waals surface area contributed by atoms with E-state index in [1.54, 1.807) is 0 Å². The Balaban J connectivity index is 0. The Hall–Kier alpha value is -0.300. The second kappa shape index (κ2) is 7.70. The third-order valence-electron chi connectivity index (χ3n) is 0.742. The molecular formula is C5H14NO2P. The predicted molar refractivity (Wildman–Crippen MR) is 41.5 cm³/mol. The zero-order valence-electron chi connectivity index (χ0n) is 5.72. The molecule has 3 nitrogen and oxygen atoms in total. The van der Waals surface area contributed by atoms with E-state index in [4.69, 9.17) is 0 Å². The summed E-state index contributed by atoms with van der Waals surface area (Å²) >= 11 is 0. The summed E-state index contributed by atoms with van der Waals surface area (Å²) in [6, 6.07) is 0. The Morgan fingerprint density at radius 2 is 2.22 bits per heavy atom. The molecule has 2 N–H and O–H groups in total. The molecule has 56 valence electrons. The Morgan fingerprint density at radius 3 is 2.56 bits per heavy atom. The van der Waals surface area contributed by atoms with Gasteiger partial charge in [-0.25, -0.2) is 4.79 Å². The molecule has 0 aliphatic heterocycles. The Morgan fingerprint density at radius 1 is 1.67 bits per heavy atom. The van der Waals surface area contributed by atoms with Crippen molar-refractivity contribution in [3.63, 3.8) is 0 Å². The highest BCUT2D eigenvalue weighted by molar-refractivity contribution is 6.92. The predicted octanol–water partition coefficient (Wildman–Crippen LogP) is 0.940. The van der Waals surface area contributed by atoms with Crippen LogP contribution in [0.25, 0.3) is 0 Å². The SMILES string of the molecule is CCCCOC(N)=O.P. The van der Waals surface area contributed by atoms with Crippen LogP contribution in [0.4, 0.5) is 4.79 Å². The minimum atomic E-state index is -0.682. The summed E-state index contributed by atoms with van der Waals surface area (Å²) in [4.78, 5) is 9.87. The topological polar surface area (TPSA) is 52.3 Å². The summed E-state index contributed by atoms with van der Waals surface area (Å²) in [7, 11) is 0. The van der Waals surface area contributed by atoms with Crippen LogP contribution in [0.1, 0.15) is 19.8 Å². The van der Waals surface area contributed by atoms with E-state index in [0.29, 0.717) is 6.61 Å². The summed E-state index contributed by atoms with van der Waals surface area (Å²) in [5.74, 6) is 0. The Kier molecular flexibility index (Phi) is 9.83. The molecule has 0 saturated carbocycles. The van der Waals surface area contributed by atoms with E-state index in [-0.39, 0.29) is 9.90 Å². The number of primary amides is 1. The van der Waals surface area contributed by atoms with Gasteiger partial charge in [0.15, 0.2) is 0 Å². The smallest absolute Gasteiger partial charge is 0.404 e. The first-order valence-electron chi connectivity index (χ1n) is 2.69. The van der Waals surface area contributed by atoms with Crippen molar-refractivity contribution in [1.29, 1.82) is 0 Å². The van der Waals surface area contributed by atoms with Crippen molar-refractivity contribution in [3.05, 3.63) is 0 Å². The number of carbonyl (C=O) groups excluding carboxylic acids is 1. The molecule has 0 rings (SSSR count). The van der Waals surface area contributed by atoms with Gasteiger partial charge in [0.25, 0.3) is 0 Å². The highest BCUT2D eigenvalue weighted by atomic mass is 31.0. The van der Waals surface area contributed by atoms with Gasteiger partial charge in [-0.15, -0.1) is 0 Å². The van der Waals surface area contributed by atoms with E-state index in [2.05, 4.69) is 10.5 Å².